The zero-order valence-electron chi connectivity index (χ0n) is 44.0. The van der Waals surface area contributed by atoms with Crippen molar-refractivity contribution in [3.63, 3.8) is 0 Å². The summed E-state index contributed by atoms with van der Waals surface area (Å²) in [5, 5.41) is 25.2. The molecule has 10 nitrogen and oxygen atoms in total. The number of pyridine rings is 1. The molecule has 15 heteroatoms. The average Bonchev–Trinajstić information content (AvgIpc) is 4.03. The molecule has 0 aliphatic carbocycles. The summed E-state index contributed by atoms with van der Waals surface area (Å²) >= 11 is 0. The fourth-order valence-corrected chi connectivity index (χ4v) is 8.20. The van der Waals surface area contributed by atoms with Crippen LogP contribution in [0.5, 0.6) is 0 Å². The molecule has 393 valence electrons. The second-order valence-electron chi connectivity index (χ2n) is 14.9. The fourth-order valence-electron chi connectivity index (χ4n) is 5.44. The van der Waals surface area contributed by atoms with Crippen LogP contribution in [0.2, 0.25) is 12.1 Å². The second kappa shape index (κ2) is 69.9. The topological polar surface area (TPSA) is 143 Å². The zero-order valence-corrected chi connectivity index (χ0v) is 52.2. The molecule has 0 amide bonds. The van der Waals surface area contributed by atoms with Crippen LogP contribution >= 0.6 is 0 Å². The quantitative estimate of drug-likeness (QED) is 0.0402. The molecule has 66 heavy (non-hydrogen) atoms. The van der Waals surface area contributed by atoms with Crippen LogP contribution in [0.3, 0.4) is 0 Å². The molecule has 0 aromatic carbocycles. The van der Waals surface area contributed by atoms with E-state index in [-0.39, 0.29) is 24.2 Å². The monoisotopic (exact) mass is 1040 g/mol. The number of allylic oxidation sites excluding steroid dienone is 4. The number of aromatic nitrogens is 1. The van der Waals surface area contributed by atoms with Crippen molar-refractivity contribution in [1.29, 1.82) is 0 Å². The van der Waals surface area contributed by atoms with Crippen LogP contribution in [-0.4, -0.2) is 117 Å². The number of nitrogens with zero attached hydrogens (tertiary/aromatic N) is 3. The van der Waals surface area contributed by atoms with Crippen molar-refractivity contribution in [2.45, 2.75) is 210 Å². The van der Waals surface area contributed by atoms with Crippen LogP contribution in [0.1, 0.15) is 203 Å². The van der Waals surface area contributed by atoms with Crippen molar-refractivity contribution in [2.75, 3.05) is 32.9 Å². The van der Waals surface area contributed by atoms with Crippen molar-refractivity contribution in [2.24, 2.45) is 9.98 Å². The fraction of sp³-hybridized carbons (Fsp3) is 0.725. The minimum absolute atomic E-state index is 0. The number of carboxylic acid groups (broad SMARTS) is 1. The van der Waals surface area contributed by atoms with E-state index in [4.69, 9.17) is 28.6 Å². The van der Waals surface area contributed by atoms with E-state index in [1.807, 2.05) is 27.7 Å². The Hall–Kier alpha value is -1.65. The van der Waals surface area contributed by atoms with E-state index in [9.17, 15) is 4.79 Å². The summed E-state index contributed by atoms with van der Waals surface area (Å²) in [6, 6.07) is 8.97. The summed E-state index contributed by atoms with van der Waals surface area (Å²) in [5.74, 6) is -0.670. The largest absolute Gasteiger partial charge is 0.484 e. The van der Waals surface area contributed by atoms with Gasteiger partial charge >= 0.3 is 15.5 Å². The number of hydrogen-bond donors (Lipinski definition) is 3. The van der Waals surface area contributed by atoms with E-state index in [1.54, 1.807) is 6.08 Å². The Kier molecular flexibility index (Phi) is 83.2. The molecule has 0 bridgehead atoms. The van der Waals surface area contributed by atoms with Gasteiger partial charge in [0.1, 0.15) is 0 Å². The van der Waals surface area contributed by atoms with Gasteiger partial charge in [-0.1, -0.05) is 136 Å². The minimum Gasteiger partial charge on any atom is -0.481 e. The molecule has 0 fully saturated rings. The van der Waals surface area contributed by atoms with Gasteiger partial charge in [-0.3, -0.25) is 14.8 Å². The first kappa shape index (κ1) is 78.5. The first-order valence-electron chi connectivity index (χ1n) is 25.2. The third-order valence-corrected chi connectivity index (χ3v) is 12.2. The summed E-state index contributed by atoms with van der Waals surface area (Å²) < 4.78 is 15.7. The van der Waals surface area contributed by atoms with Gasteiger partial charge in [0.2, 0.25) is 0 Å². The molecule has 0 saturated carbocycles. The second-order valence-corrected chi connectivity index (χ2v) is 18.9. The molecular formula is C51H107CoN3O7Si4. The van der Waals surface area contributed by atoms with Crippen LogP contribution < -0.4 is 0 Å². The summed E-state index contributed by atoms with van der Waals surface area (Å²) in [6.07, 6.45) is 27.8. The SMILES string of the molecule is C.C=CC.CC=CC[SiH3].CCC=C[SiH3].CCCCCCCC(=O)O.CCCCCCCC(O)O.CCCC[SiH3].CCO[SiH](OCC)OCC.[Co].c1cc(C2=NCCC2)nc(C2=NCCC2)c1. The third-order valence-electron chi connectivity index (χ3n) is 8.71. The Morgan fingerprint density at radius 3 is 1.45 bits per heavy atom. The number of hydrogen-bond acceptors (Lipinski definition) is 9. The van der Waals surface area contributed by atoms with Crippen LogP contribution in [0.25, 0.3) is 0 Å². The first-order chi connectivity index (χ1) is 31.0. The van der Waals surface area contributed by atoms with E-state index < -0.39 is 21.8 Å². The Balaban J connectivity index is -0.000000126. The molecule has 1 aromatic rings. The smallest absolute Gasteiger partial charge is 0.481 e. The first-order valence-corrected chi connectivity index (χ1v) is 30.6. The van der Waals surface area contributed by atoms with Gasteiger partial charge in [-0.25, -0.2) is 4.98 Å². The number of aliphatic imine (C=N–C) groups is 2. The van der Waals surface area contributed by atoms with Crippen molar-refractivity contribution in [3.8, 4) is 0 Å². The van der Waals surface area contributed by atoms with Crippen molar-refractivity contribution in [3.05, 3.63) is 66.2 Å². The Labute approximate surface area is 429 Å². The average molecular weight is 1050 g/mol. The molecule has 3 heterocycles. The van der Waals surface area contributed by atoms with Crippen LogP contribution in [0, 0.1) is 0 Å². The van der Waals surface area contributed by atoms with E-state index in [0.717, 1.165) is 63.0 Å². The maximum absolute atomic E-state index is 10.0. The van der Waals surface area contributed by atoms with Gasteiger partial charge in [0.05, 0.1) is 22.8 Å². The predicted octanol–water partition coefficient (Wildman–Crippen LogP) is 10.2. The molecule has 2 aliphatic rings. The third kappa shape index (κ3) is 66.6. The molecule has 3 N–H and O–H groups in total. The van der Waals surface area contributed by atoms with E-state index in [0.29, 0.717) is 32.7 Å². The van der Waals surface area contributed by atoms with Crippen molar-refractivity contribution >= 4 is 57.6 Å². The predicted molar refractivity (Wildman–Crippen MR) is 301 cm³/mol. The summed E-state index contributed by atoms with van der Waals surface area (Å²) in [4.78, 5) is 23.7. The normalized spacial score (nSPS) is 12.0. The van der Waals surface area contributed by atoms with Gasteiger partial charge in [-0.15, -0.1) is 12.3 Å². The van der Waals surface area contributed by atoms with Gasteiger partial charge in [-0.2, -0.15) is 0 Å². The number of unbranched alkanes of at least 4 members (excludes halogenated alkanes) is 9. The summed E-state index contributed by atoms with van der Waals surface area (Å²) in [6.45, 7) is 25.8. The number of aliphatic hydroxyl groups excluding tert-OH is 1. The molecule has 1 aromatic heterocycles. The molecule has 2 aliphatic heterocycles. The molecule has 1 radical (unpaired) electrons. The maximum atomic E-state index is 10.0. The Bertz CT molecular complexity index is 1160. The van der Waals surface area contributed by atoms with Gasteiger partial charge in [0, 0.05) is 86.8 Å². The molecule has 3 rings (SSSR count). The van der Waals surface area contributed by atoms with Crippen LogP contribution in [-0.2, 0) is 34.9 Å². The Morgan fingerprint density at radius 2 is 1.20 bits per heavy atom. The molecule has 0 unspecified atom stereocenters. The van der Waals surface area contributed by atoms with E-state index in [2.05, 4.69) is 98.3 Å². The summed E-state index contributed by atoms with van der Waals surface area (Å²) in [5.41, 5.74) is 6.62. The van der Waals surface area contributed by atoms with Gasteiger partial charge in [-0.05, 0) is 104 Å². The molecule has 0 saturated heterocycles. The minimum atomic E-state index is -1.73. The van der Waals surface area contributed by atoms with E-state index >= 15 is 0 Å². The van der Waals surface area contributed by atoms with Gasteiger partial charge in [0.15, 0.2) is 6.29 Å². The van der Waals surface area contributed by atoms with E-state index in [1.165, 1.54) is 125 Å². The van der Waals surface area contributed by atoms with Gasteiger partial charge < -0.3 is 28.6 Å². The number of rotatable bonds is 24. The van der Waals surface area contributed by atoms with Crippen molar-refractivity contribution < 1.29 is 50.2 Å². The molecule has 0 atom stereocenters. The van der Waals surface area contributed by atoms with Gasteiger partial charge in [0.25, 0.3) is 0 Å². The number of aliphatic carboxylic acids is 1. The number of carbonyl (C=O) groups is 1. The number of aliphatic hydroxyl groups is 2. The number of carboxylic acids is 1. The Morgan fingerprint density at radius 1 is 0.758 bits per heavy atom. The van der Waals surface area contributed by atoms with Crippen LogP contribution in [0.15, 0.2) is 64.8 Å². The summed E-state index contributed by atoms with van der Waals surface area (Å²) in [7, 11) is 2.19. The molecular weight excluding hydrogens is 938 g/mol. The van der Waals surface area contributed by atoms with Crippen molar-refractivity contribution in [1.82, 2.24) is 4.98 Å². The zero-order chi connectivity index (χ0) is 49.3. The van der Waals surface area contributed by atoms with Crippen LogP contribution in [0.4, 0.5) is 0 Å². The maximum Gasteiger partial charge on any atom is 0.484 e. The standard InChI is InChI=1S/C13H15N3.C8H18O2.C8H16O2.C6H16O3Si.C4H12Si.2C4H10Si.C3H6.CH4.Co/c1-4-12(10-6-2-8-14-10)16-13(5-1)11-7-3-9-15-11;2*1-2-3-4-5-6-7-8(9)10;1-4-7-10(8-5-2)9-6-3;3*1-2-3-4-5;1-3-2;;/h1,4-5H,2-3,6-9H2;8-10H,2-7H2,1H3;2-7H2,1H3,(H,9,10);10H,4-6H2,1-3H3;2-4H2,1,5H3;3-4H,2H2,1,5H3;2-3H,4H2,1,5H3;3H,1H2,2H3;1H4;. The molecule has 0 spiro atoms.